The number of rotatable bonds is 11. The second kappa shape index (κ2) is 11.5. The molecule has 1 atom stereocenters. The Morgan fingerprint density at radius 2 is 1.93 bits per heavy atom. The van der Waals surface area contributed by atoms with E-state index >= 15 is 0 Å². The van der Waals surface area contributed by atoms with Gasteiger partial charge in [-0.15, -0.1) is 0 Å². The molecule has 29 heavy (non-hydrogen) atoms. The minimum Gasteiger partial charge on any atom is -0.392 e. The molecule has 0 radical (unpaired) electrons. The van der Waals surface area contributed by atoms with Gasteiger partial charge in [0.1, 0.15) is 5.82 Å². The van der Waals surface area contributed by atoms with E-state index in [1.54, 1.807) is 0 Å². The highest BCUT2D eigenvalue weighted by Crippen LogP contribution is 2.13. The van der Waals surface area contributed by atoms with Crippen LogP contribution in [0.4, 0.5) is 4.39 Å². The molecule has 0 spiro atoms. The fourth-order valence-electron chi connectivity index (χ4n) is 3.83. The number of halogens is 1. The summed E-state index contributed by atoms with van der Waals surface area (Å²) in [6.07, 6.45) is 3.58. The molecule has 1 fully saturated rings. The van der Waals surface area contributed by atoms with Crippen LogP contribution in [0.15, 0.2) is 42.6 Å². The quantitative estimate of drug-likeness (QED) is 0.626. The summed E-state index contributed by atoms with van der Waals surface area (Å²) in [5, 5.41) is 10.4. The van der Waals surface area contributed by atoms with E-state index in [1.165, 1.54) is 17.8 Å². The Morgan fingerprint density at radius 1 is 1.17 bits per heavy atom. The lowest BCUT2D eigenvalue weighted by atomic mass is 10.2. The van der Waals surface area contributed by atoms with Gasteiger partial charge in [-0.3, -0.25) is 9.80 Å². The summed E-state index contributed by atoms with van der Waals surface area (Å²) in [4.78, 5) is 4.78. The number of nitrogens with zero attached hydrogens (tertiary/aromatic N) is 3. The number of benzene rings is 1. The molecule has 3 rings (SSSR count). The molecule has 6 heteroatoms. The standard InChI is InChI=1S/C23H34FN3O2/c1-2-4-23(28)19-26(12-11-25-13-15-29-16-14-25)18-22-5-3-10-27(22)17-20-6-8-21(24)9-7-20/h3,5-10,23,28H,2,4,11-19H2,1H3. The molecule has 0 saturated carbocycles. The van der Waals surface area contributed by atoms with Gasteiger partial charge in [0.25, 0.3) is 0 Å². The fraction of sp³-hybridized carbons (Fsp3) is 0.565. The highest BCUT2D eigenvalue weighted by molar-refractivity contribution is 5.18. The molecule has 0 bridgehead atoms. The smallest absolute Gasteiger partial charge is 0.123 e. The van der Waals surface area contributed by atoms with E-state index in [-0.39, 0.29) is 11.9 Å². The van der Waals surface area contributed by atoms with Crippen LogP contribution in [0.5, 0.6) is 0 Å². The minimum absolute atomic E-state index is 0.208. The van der Waals surface area contributed by atoms with E-state index in [0.29, 0.717) is 6.54 Å². The third-order valence-corrected chi connectivity index (χ3v) is 5.50. The Bertz CT molecular complexity index is 713. The van der Waals surface area contributed by atoms with Crippen LogP contribution in [0.25, 0.3) is 0 Å². The molecule has 2 aromatic rings. The van der Waals surface area contributed by atoms with Crippen LogP contribution in [0.3, 0.4) is 0 Å². The highest BCUT2D eigenvalue weighted by Gasteiger charge is 2.16. The molecule has 1 aliphatic rings. The maximum Gasteiger partial charge on any atom is 0.123 e. The zero-order chi connectivity index (χ0) is 20.5. The molecule has 1 aromatic heterocycles. The summed E-state index contributed by atoms with van der Waals surface area (Å²) in [6.45, 7) is 9.77. The number of ether oxygens (including phenoxy) is 1. The van der Waals surface area contributed by atoms with Crippen LogP contribution in [0, 0.1) is 5.82 Å². The Balaban J connectivity index is 1.62. The van der Waals surface area contributed by atoms with Crippen LogP contribution in [-0.2, 0) is 17.8 Å². The van der Waals surface area contributed by atoms with Crippen molar-refractivity contribution in [3.05, 3.63) is 59.7 Å². The van der Waals surface area contributed by atoms with Crippen LogP contribution in [-0.4, -0.2) is 71.5 Å². The van der Waals surface area contributed by atoms with E-state index in [2.05, 4.69) is 39.6 Å². The average molecular weight is 404 g/mol. The third-order valence-electron chi connectivity index (χ3n) is 5.50. The Labute approximate surface area is 173 Å². The van der Waals surface area contributed by atoms with Gasteiger partial charge in [0.05, 0.1) is 19.3 Å². The predicted octanol–water partition coefficient (Wildman–Crippen LogP) is 2.97. The monoisotopic (exact) mass is 403 g/mol. The zero-order valence-corrected chi connectivity index (χ0v) is 17.5. The molecule has 2 heterocycles. The molecule has 5 nitrogen and oxygen atoms in total. The summed E-state index contributed by atoms with van der Waals surface area (Å²) < 4.78 is 20.8. The summed E-state index contributed by atoms with van der Waals surface area (Å²) >= 11 is 0. The van der Waals surface area contributed by atoms with Gasteiger partial charge < -0.3 is 14.4 Å². The number of hydrogen-bond donors (Lipinski definition) is 1. The van der Waals surface area contributed by atoms with Crippen molar-refractivity contribution in [1.82, 2.24) is 14.4 Å². The minimum atomic E-state index is -0.301. The van der Waals surface area contributed by atoms with Crippen molar-refractivity contribution in [2.24, 2.45) is 0 Å². The zero-order valence-electron chi connectivity index (χ0n) is 17.5. The van der Waals surface area contributed by atoms with Crippen LogP contribution < -0.4 is 0 Å². The number of aromatic nitrogens is 1. The number of morpholine rings is 1. The van der Waals surface area contributed by atoms with Crippen LogP contribution in [0.2, 0.25) is 0 Å². The highest BCUT2D eigenvalue weighted by atomic mass is 19.1. The van der Waals surface area contributed by atoms with Crippen molar-refractivity contribution in [2.45, 2.75) is 39.0 Å². The lowest BCUT2D eigenvalue weighted by Crippen LogP contribution is -2.43. The van der Waals surface area contributed by atoms with Gasteiger partial charge in [-0.2, -0.15) is 0 Å². The number of aliphatic hydroxyl groups excluding tert-OH is 1. The molecule has 1 aromatic carbocycles. The number of aliphatic hydroxyl groups is 1. The maximum atomic E-state index is 13.2. The Hall–Kier alpha value is -1.73. The van der Waals surface area contributed by atoms with Crippen molar-refractivity contribution in [2.75, 3.05) is 45.9 Å². The molecule has 0 amide bonds. The van der Waals surface area contributed by atoms with E-state index in [9.17, 15) is 9.50 Å². The molecule has 1 unspecified atom stereocenters. The van der Waals surface area contributed by atoms with E-state index in [1.807, 2.05) is 12.1 Å². The van der Waals surface area contributed by atoms with Crippen LogP contribution >= 0.6 is 0 Å². The first kappa shape index (κ1) is 22.0. The Morgan fingerprint density at radius 3 is 2.66 bits per heavy atom. The number of hydrogen-bond acceptors (Lipinski definition) is 4. The van der Waals surface area contributed by atoms with E-state index in [4.69, 9.17) is 4.74 Å². The van der Waals surface area contributed by atoms with E-state index < -0.39 is 0 Å². The van der Waals surface area contributed by atoms with Gasteiger partial charge in [-0.25, -0.2) is 4.39 Å². The normalized spacial score (nSPS) is 16.4. The van der Waals surface area contributed by atoms with Crippen molar-refractivity contribution >= 4 is 0 Å². The lowest BCUT2D eigenvalue weighted by Gasteiger charge is -2.31. The Kier molecular flexibility index (Phi) is 8.68. The first-order valence-corrected chi connectivity index (χ1v) is 10.7. The molecule has 1 N–H and O–H groups in total. The second-order valence-electron chi connectivity index (χ2n) is 7.89. The van der Waals surface area contributed by atoms with Gasteiger partial charge in [0, 0.05) is 57.7 Å². The first-order valence-electron chi connectivity index (χ1n) is 10.7. The lowest BCUT2D eigenvalue weighted by molar-refractivity contribution is 0.0285. The largest absolute Gasteiger partial charge is 0.392 e. The molecular formula is C23H34FN3O2. The second-order valence-corrected chi connectivity index (χ2v) is 7.89. The summed E-state index contributed by atoms with van der Waals surface area (Å²) in [5.41, 5.74) is 2.29. The first-order chi connectivity index (χ1) is 14.1. The molecular weight excluding hydrogens is 369 g/mol. The van der Waals surface area contributed by atoms with Crippen LogP contribution in [0.1, 0.15) is 31.0 Å². The average Bonchev–Trinajstić information content (AvgIpc) is 3.15. The summed E-state index contributed by atoms with van der Waals surface area (Å²) in [7, 11) is 0. The van der Waals surface area contributed by atoms with Gasteiger partial charge >= 0.3 is 0 Å². The predicted molar refractivity (Wildman–Crippen MR) is 113 cm³/mol. The fourth-order valence-corrected chi connectivity index (χ4v) is 3.83. The summed E-state index contributed by atoms with van der Waals surface area (Å²) in [5.74, 6) is -0.208. The molecule has 1 aliphatic heterocycles. The molecule has 0 aliphatic carbocycles. The molecule has 1 saturated heterocycles. The van der Waals surface area contributed by atoms with Gasteiger partial charge in [-0.1, -0.05) is 25.5 Å². The maximum absolute atomic E-state index is 13.2. The van der Waals surface area contributed by atoms with Crippen molar-refractivity contribution in [3.8, 4) is 0 Å². The molecule has 160 valence electrons. The van der Waals surface area contributed by atoms with E-state index in [0.717, 1.165) is 70.9 Å². The third kappa shape index (κ3) is 7.23. The summed E-state index contributed by atoms with van der Waals surface area (Å²) in [6, 6.07) is 10.9. The SMILES string of the molecule is CCCC(O)CN(CCN1CCOCC1)Cc1cccn1Cc1ccc(F)cc1. The van der Waals surface area contributed by atoms with Crippen molar-refractivity contribution < 1.29 is 14.2 Å². The topological polar surface area (TPSA) is 40.9 Å². The van der Waals surface area contributed by atoms with Crippen molar-refractivity contribution in [3.63, 3.8) is 0 Å². The van der Waals surface area contributed by atoms with Gasteiger partial charge in [0.15, 0.2) is 0 Å². The van der Waals surface area contributed by atoms with Gasteiger partial charge in [-0.05, 0) is 36.2 Å². The van der Waals surface area contributed by atoms with Crippen molar-refractivity contribution in [1.29, 1.82) is 0 Å². The van der Waals surface area contributed by atoms with Gasteiger partial charge in [0.2, 0.25) is 0 Å².